The fraction of sp³-hybridized carbons (Fsp3) is 0.160. The lowest BCUT2D eigenvalue weighted by Gasteiger charge is -2.08. The number of amides is 1. The number of ether oxygens (including phenoxy) is 1. The summed E-state index contributed by atoms with van der Waals surface area (Å²) in [6.07, 6.45) is 0.372. The maximum atomic E-state index is 12.3. The Balaban J connectivity index is 1.38. The van der Waals surface area contributed by atoms with Crippen molar-refractivity contribution in [3.05, 3.63) is 84.4 Å². The number of para-hydroxylation sites is 1. The van der Waals surface area contributed by atoms with Crippen molar-refractivity contribution in [3.8, 4) is 17.0 Å². The van der Waals surface area contributed by atoms with Gasteiger partial charge in [-0.25, -0.2) is 0 Å². The predicted molar refractivity (Wildman–Crippen MR) is 124 cm³/mol. The second-order valence-corrected chi connectivity index (χ2v) is 8.07. The number of methoxy groups -OCH3 is 1. The summed E-state index contributed by atoms with van der Waals surface area (Å²) in [5, 5.41) is 4.24. The summed E-state index contributed by atoms with van der Waals surface area (Å²) in [5.41, 5.74) is 4.40. The van der Waals surface area contributed by atoms with Crippen LogP contribution in [0.15, 0.2) is 83.8 Å². The third-order valence-corrected chi connectivity index (χ3v) is 6.04. The number of aromatic amines is 1. The molecule has 0 atom stereocenters. The molecule has 0 bridgehead atoms. The summed E-state index contributed by atoms with van der Waals surface area (Å²) in [7, 11) is 1.64. The molecule has 4 nitrogen and oxygen atoms in total. The zero-order valence-electron chi connectivity index (χ0n) is 16.9. The van der Waals surface area contributed by atoms with Gasteiger partial charge in [0.1, 0.15) is 5.75 Å². The fourth-order valence-electron chi connectivity index (χ4n) is 3.41. The van der Waals surface area contributed by atoms with Crippen molar-refractivity contribution in [3.63, 3.8) is 0 Å². The minimum atomic E-state index is 0.0305. The number of carbonyl (C=O) groups excluding carboxylic acids is 1. The molecule has 1 aromatic heterocycles. The quantitative estimate of drug-likeness (QED) is 0.303. The SMILES string of the molecule is COc1ccc(CC(=O)NCCSc2c(-c3ccccc3)[nH]c3ccccc23)cc1. The second-order valence-electron chi connectivity index (χ2n) is 6.96. The lowest BCUT2D eigenvalue weighted by Crippen LogP contribution is -2.27. The number of nitrogens with one attached hydrogen (secondary N) is 2. The van der Waals surface area contributed by atoms with Gasteiger partial charge in [0.15, 0.2) is 0 Å². The summed E-state index contributed by atoms with van der Waals surface area (Å²) >= 11 is 1.77. The van der Waals surface area contributed by atoms with Gasteiger partial charge in [-0.2, -0.15) is 0 Å². The van der Waals surface area contributed by atoms with Gasteiger partial charge < -0.3 is 15.0 Å². The monoisotopic (exact) mass is 416 g/mol. The van der Waals surface area contributed by atoms with Gasteiger partial charge in [-0.05, 0) is 29.3 Å². The van der Waals surface area contributed by atoms with E-state index in [1.54, 1.807) is 18.9 Å². The molecular weight excluding hydrogens is 392 g/mol. The lowest BCUT2D eigenvalue weighted by molar-refractivity contribution is -0.120. The summed E-state index contributed by atoms with van der Waals surface area (Å²) in [4.78, 5) is 17.0. The van der Waals surface area contributed by atoms with Crippen LogP contribution in [0.1, 0.15) is 5.56 Å². The van der Waals surface area contributed by atoms with Gasteiger partial charge in [0, 0.05) is 28.1 Å². The number of rotatable bonds is 8. The average molecular weight is 417 g/mol. The van der Waals surface area contributed by atoms with Gasteiger partial charge in [0.05, 0.1) is 19.2 Å². The first kappa shape index (κ1) is 20.1. The highest BCUT2D eigenvalue weighted by Crippen LogP contribution is 2.37. The van der Waals surface area contributed by atoms with E-state index in [0.717, 1.165) is 28.3 Å². The third-order valence-electron chi connectivity index (χ3n) is 4.92. The molecule has 0 fully saturated rings. The largest absolute Gasteiger partial charge is 0.497 e. The molecule has 0 unspecified atom stereocenters. The van der Waals surface area contributed by atoms with E-state index < -0.39 is 0 Å². The van der Waals surface area contributed by atoms with Gasteiger partial charge in [-0.1, -0.05) is 60.7 Å². The number of fused-ring (bicyclic) bond motifs is 1. The molecule has 0 saturated carbocycles. The predicted octanol–water partition coefficient (Wildman–Crippen LogP) is 5.29. The minimum Gasteiger partial charge on any atom is -0.497 e. The van der Waals surface area contributed by atoms with Crippen molar-refractivity contribution in [1.29, 1.82) is 0 Å². The molecule has 30 heavy (non-hydrogen) atoms. The summed E-state index contributed by atoms with van der Waals surface area (Å²) in [5.74, 6) is 1.63. The molecule has 5 heteroatoms. The van der Waals surface area contributed by atoms with E-state index in [0.29, 0.717) is 13.0 Å². The molecule has 0 aliphatic carbocycles. The Kier molecular flexibility index (Phi) is 6.40. The van der Waals surface area contributed by atoms with Crippen LogP contribution >= 0.6 is 11.8 Å². The van der Waals surface area contributed by atoms with E-state index >= 15 is 0 Å². The van der Waals surface area contributed by atoms with Crippen LogP contribution in [0.4, 0.5) is 0 Å². The normalized spacial score (nSPS) is 10.8. The topological polar surface area (TPSA) is 54.1 Å². The Morgan fingerprint density at radius 2 is 1.70 bits per heavy atom. The van der Waals surface area contributed by atoms with Gasteiger partial charge in [-0.3, -0.25) is 4.79 Å². The molecule has 0 radical (unpaired) electrons. The van der Waals surface area contributed by atoms with Crippen molar-refractivity contribution in [2.75, 3.05) is 19.4 Å². The summed E-state index contributed by atoms with van der Waals surface area (Å²) in [6.45, 7) is 0.618. The molecule has 4 rings (SSSR count). The van der Waals surface area contributed by atoms with Gasteiger partial charge in [-0.15, -0.1) is 11.8 Å². The zero-order valence-corrected chi connectivity index (χ0v) is 17.7. The highest BCUT2D eigenvalue weighted by atomic mass is 32.2. The highest BCUT2D eigenvalue weighted by Gasteiger charge is 2.13. The van der Waals surface area contributed by atoms with E-state index in [-0.39, 0.29) is 5.91 Å². The number of hydrogen-bond donors (Lipinski definition) is 2. The van der Waals surface area contributed by atoms with Crippen LogP contribution in [0.5, 0.6) is 5.75 Å². The molecule has 0 aliphatic rings. The van der Waals surface area contributed by atoms with Crippen LogP contribution in [0.25, 0.3) is 22.2 Å². The van der Waals surface area contributed by atoms with E-state index in [1.165, 1.54) is 15.8 Å². The number of hydrogen-bond acceptors (Lipinski definition) is 3. The van der Waals surface area contributed by atoms with E-state index in [1.807, 2.05) is 36.4 Å². The Labute approximate surface area is 180 Å². The molecule has 2 N–H and O–H groups in total. The van der Waals surface area contributed by atoms with Crippen LogP contribution < -0.4 is 10.1 Å². The van der Waals surface area contributed by atoms with Crippen molar-refractivity contribution < 1.29 is 9.53 Å². The van der Waals surface area contributed by atoms with Crippen LogP contribution in [-0.2, 0) is 11.2 Å². The Bertz CT molecular complexity index is 1120. The molecular formula is C25H24N2O2S. The van der Waals surface area contributed by atoms with Crippen molar-refractivity contribution in [2.45, 2.75) is 11.3 Å². The van der Waals surface area contributed by atoms with E-state index in [9.17, 15) is 4.79 Å². The molecule has 0 spiro atoms. The molecule has 1 amide bonds. The highest BCUT2D eigenvalue weighted by molar-refractivity contribution is 7.99. The Morgan fingerprint density at radius 1 is 0.967 bits per heavy atom. The average Bonchev–Trinajstić information content (AvgIpc) is 3.16. The summed E-state index contributed by atoms with van der Waals surface area (Å²) in [6, 6.07) is 26.3. The first-order valence-electron chi connectivity index (χ1n) is 9.93. The first-order valence-corrected chi connectivity index (χ1v) is 10.9. The zero-order chi connectivity index (χ0) is 20.8. The first-order chi connectivity index (χ1) is 14.7. The van der Waals surface area contributed by atoms with Crippen LogP contribution in [0.2, 0.25) is 0 Å². The fourth-order valence-corrected chi connectivity index (χ4v) is 4.46. The molecule has 0 aliphatic heterocycles. The molecule has 152 valence electrons. The van der Waals surface area contributed by atoms with Crippen LogP contribution in [-0.4, -0.2) is 30.3 Å². The number of thioether (sulfide) groups is 1. The maximum absolute atomic E-state index is 12.3. The van der Waals surface area contributed by atoms with Crippen molar-refractivity contribution in [2.24, 2.45) is 0 Å². The molecule has 4 aromatic rings. The Morgan fingerprint density at radius 3 is 2.47 bits per heavy atom. The minimum absolute atomic E-state index is 0.0305. The maximum Gasteiger partial charge on any atom is 0.224 e. The van der Waals surface area contributed by atoms with E-state index in [4.69, 9.17) is 4.74 Å². The van der Waals surface area contributed by atoms with Crippen molar-refractivity contribution >= 4 is 28.6 Å². The number of H-pyrrole nitrogens is 1. The molecule has 1 heterocycles. The third kappa shape index (κ3) is 4.69. The standard InChI is InChI=1S/C25H24N2O2S/c1-29-20-13-11-18(12-14-20)17-23(28)26-15-16-30-25-21-9-5-6-10-22(21)27-24(25)19-7-3-2-4-8-19/h2-14,27H,15-17H2,1H3,(H,26,28). The van der Waals surface area contributed by atoms with Crippen LogP contribution in [0, 0.1) is 0 Å². The van der Waals surface area contributed by atoms with Crippen LogP contribution in [0.3, 0.4) is 0 Å². The second kappa shape index (κ2) is 9.55. The number of carbonyl (C=O) groups is 1. The molecule has 0 saturated heterocycles. The Hall–Kier alpha value is -3.18. The summed E-state index contributed by atoms with van der Waals surface area (Å²) < 4.78 is 5.16. The lowest BCUT2D eigenvalue weighted by atomic mass is 10.1. The van der Waals surface area contributed by atoms with E-state index in [2.05, 4.69) is 52.8 Å². The molecule has 3 aromatic carbocycles. The number of benzene rings is 3. The van der Waals surface area contributed by atoms with Crippen molar-refractivity contribution in [1.82, 2.24) is 10.3 Å². The number of aromatic nitrogens is 1. The van der Waals surface area contributed by atoms with Gasteiger partial charge in [0.25, 0.3) is 0 Å². The smallest absolute Gasteiger partial charge is 0.224 e. The van der Waals surface area contributed by atoms with Gasteiger partial charge in [0.2, 0.25) is 5.91 Å². The van der Waals surface area contributed by atoms with Gasteiger partial charge >= 0.3 is 0 Å².